The summed E-state index contributed by atoms with van der Waals surface area (Å²) < 4.78 is 0. The van der Waals surface area contributed by atoms with Crippen LogP contribution in [0.3, 0.4) is 0 Å². The van der Waals surface area contributed by atoms with Gasteiger partial charge in [-0.1, -0.05) is 29.3 Å². The molecule has 0 aliphatic heterocycles. The standard InChI is InChI=1S/C17H16ClN3O3/c1-10-6-11(2)14(12(3)7-10)9-19-20-17(22)13-4-5-15(18)16(8-13)21(23)24/h4-9H,1-3H3,(H,20,22). The van der Waals surface area contributed by atoms with E-state index in [9.17, 15) is 14.9 Å². The largest absolute Gasteiger partial charge is 0.288 e. The van der Waals surface area contributed by atoms with Crippen molar-refractivity contribution < 1.29 is 9.72 Å². The van der Waals surface area contributed by atoms with Gasteiger partial charge in [-0.25, -0.2) is 5.43 Å². The van der Waals surface area contributed by atoms with E-state index in [1.807, 2.05) is 32.9 Å². The van der Waals surface area contributed by atoms with Gasteiger partial charge in [0.25, 0.3) is 11.6 Å². The fourth-order valence-corrected chi connectivity index (χ4v) is 2.60. The van der Waals surface area contributed by atoms with Crippen LogP contribution in [0.15, 0.2) is 35.4 Å². The minimum atomic E-state index is -0.637. The first-order chi connectivity index (χ1) is 11.3. The lowest BCUT2D eigenvalue weighted by Gasteiger charge is -2.06. The van der Waals surface area contributed by atoms with Crippen molar-refractivity contribution in [1.82, 2.24) is 5.43 Å². The summed E-state index contributed by atoms with van der Waals surface area (Å²) in [5.41, 5.74) is 6.33. The second-order valence-corrected chi connectivity index (χ2v) is 5.84. The third kappa shape index (κ3) is 3.97. The molecule has 6 nitrogen and oxygen atoms in total. The predicted molar refractivity (Wildman–Crippen MR) is 93.8 cm³/mol. The highest BCUT2D eigenvalue weighted by Gasteiger charge is 2.16. The van der Waals surface area contributed by atoms with Crippen LogP contribution < -0.4 is 5.43 Å². The molecule has 0 bridgehead atoms. The van der Waals surface area contributed by atoms with E-state index in [-0.39, 0.29) is 16.3 Å². The van der Waals surface area contributed by atoms with E-state index >= 15 is 0 Å². The van der Waals surface area contributed by atoms with Crippen molar-refractivity contribution in [3.8, 4) is 0 Å². The average molecular weight is 346 g/mol. The zero-order valence-corrected chi connectivity index (χ0v) is 14.2. The zero-order valence-electron chi connectivity index (χ0n) is 13.5. The van der Waals surface area contributed by atoms with Crippen LogP contribution in [0.2, 0.25) is 5.02 Å². The Kier molecular flexibility index (Phi) is 5.31. The summed E-state index contributed by atoms with van der Waals surface area (Å²) in [6.07, 6.45) is 1.56. The topological polar surface area (TPSA) is 84.6 Å². The smallest absolute Gasteiger partial charge is 0.267 e. The van der Waals surface area contributed by atoms with Crippen LogP contribution in [-0.4, -0.2) is 17.0 Å². The maximum Gasteiger partial charge on any atom is 0.288 e. The van der Waals surface area contributed by atoms with E-state index in [4.69, 9.17) is 11.6 Å². The van der Waals surface area contributed by atoms with Crippen molar-refractivity contribution in [2.75, 3.05) is 0 Å². The Morgan fingerprint density at radius 1 is 1.21 bits per heavy atom. The number of halogens is 1. The summed E-state index contributed by atoms with van der Waals surface area (Å²) in [7, 11) is 0. The summed E-state index contributed by atoms with van der Waals surface area (Å²) in [6, 6.07) is 7.89. The molecule has 124 valence electrons. The molecule has 0 aromatic heterocycles. The van der Waals surface area contributed by atoms with Crippen LogP contribution in [0.4, 0.5) is 5.69 Å². The molecule has 0 spiro atoms. The SMILES string of the molecule is Cc1cc(C)c(C=NNC(=O)c2ccc(Cl)c([N+](=O)[O-])c2)c(C)c1. The van der Waals surface area contributed by atoms with Gasteiger partial charge in [-0.15, -0.1) is 0 Å². The second-order valence-electron chi connectivity index (χ2n) is 5.43. The summed E-state index contributed by atoms with van der Waals surface area (Å²) in [5, 5.41) is 14.8. The number of hydrazone groups is 1. The van der Waals surface area contributed by atoms with Crippen LogP contribution in [0.1, 0.15) is 32.6 Å². The van der Waals surface area contributed by atoms with Crippen molar-refractivity contribution in [2.45, 2.75) is 20.8 Å². The fourth-order valence-electron chi connectivity index (χ4n) is 2.41. The predicted octanol–water partition coefficient (Wildman–Crippen LogP) is 3.94. The highest BCUT2D eigenvalue weighted by atomic mass is 35.5. The van der Waals surface area contributed by atoms with Gasteiger partial charge in [0.15, 0.2) is 0 Å². The van der Waals surface area contributed by atoms with Crippen molar-refractivity contribution >= 4 is 29.4 Å². The number of nitrogens with zero attached hydrogens (tertiary/aromatic N) is 2. The highest BCUT2D eigenvalue weighted by molar-refractivity contribution is 6.32. The van der Waals surface area contributed by atoms with Crippen LogP contribution in [0.25, 0.3) is 0 Å². The fraction of sp³-hybridized carbons (Fsp3) is 0.176. The lowest BCUT2D eigenvalue weighted by molar-refractivity contribution is -0.384. The van der Waals surface area contributed by atoms with E-state index in [0.29, 0.717) is 0 Å². The van der Waals surface area contributed by atoms with Gasteiger partial charge in [-0.3, -0.25) is 14.9 Å². The number of rotatable bonds is 4. The molecule has 2 aromatic carbocycles. The van der Waals surface area contributed by atoms with E-state index in [0.717, 1.165) is 28.3 Å². The van der Waals surface area contributed by atoms with Crippen molar-refractivity contribution in [1.29, 1.82) is 0 Å². The molecule has 0 heterocycles. The quantitative estimate of drug-likeness (QED) is 0.517. The molecule has 2 rings (SSSR count). The van der Waals surface area contributed by atoms with Gasteiger partial charge in [-0.05, 0) is 44.0 Å². The van der Waals surface area contributed by atoms with Crippen LogP contribution in [0, 0.1) is 30.9 Å². The lowest BCUT2D eigenvalue weighted by atomic mass is 10.0. The minimum absolute atomic E-state index is 0.0223. The van der Waals surface area contributed by atoms with Gasteiger partial charge in [0.1, 0.15) is 5.02 Å². The molecular weight excluding hydrogens is 330 g/mol. The van der Waals surface area contributed by atoms with E-state index in [2.05, 4.69) is 10.5 Å². The molecular formula is C17H16ClN3O3. The number of nitrogens with one attached hydrogen (secondary N) is 1. The van der Waals surface area contributed by atoms with Gasteiger partial charge < -0.3 is 0 Å². The highest BCUT2D eigenvalue weighted by Crippen LogP contribution is 2.25. The third-order valence-electron chi connectivity index (χ3n) is 3.50. The molecule has 0 unspecified atom stereocenters. The van der Waals surface area contributed by atoms with Gasteiger partial charge >= 0.3 is 0 Å². The molecule has 0 saturated carbocycles. The van der Waals surface area contributed by atoms with Gasteiger partial charge in [0, 0.05) is 17.2 Å². The first-order valence-electron chi connectivity index (χ1n) is 7.15. The Balaban J connectivity index is 2.17. The van der Waals surface area contributed by atoms with Gasteiger partial charge in [0.05, 0.1) is 11.1 Å². The molecule has 0 saturated heterocycles. The molecule has 7 heteroatoms. The summed E-state index contributed by atoms with van der Waals surface area (Å²) in [5.74, 6) is -0.548. The van der Waals surface area contributed by atoms with Crippen molar-refractivity contribution in [2.24, 2.45) is 5.10 Å². The second kappa shape index (κ2) is 7.23. The molecule has 0 radical (unpaired) electrons. The third-order valence-corrected chi connectivity index (χ3v) is 3.82. The van der Waals surface area contributed by atoms with E-state index in [1.54, 1.807) is 6.21 Å². The Bertz CT molecular complexity index is 824. The summed E-state index contributed by atoms with van der Waals surface area (Å²) >= 11 is 5.72. The van der Waals surface area contributed by atoms with Crippen molar-refractivity contribution in [3.63, 3.8) is 0 Å². The summed E-state index contributed by atoms with van der Waals surface area (Å²) in [6.45, 7) is 5.94. The van der Waals surface area contributed by atoms with Gasteiger partial charge in [-0.2, -0.15) is 5.10 Å². The maximum absolute atomic E-state index is 12.1. The first-order valence-corrected chi connectivity index (χ1v) is 7.52. The Hall–Kier alpha value is -2.73. The number of amides is 1. The first kappa shape index (κ1) is 17.6. The molecule has 24 heavy (non-hydrogen) atoms. The Labute approximate surface area is 144 Å². The van der Waals surface area contributed by atoms with Gasteiger partial charge in [0.2, 0.25) is 0 Å². The number of nitro groups is 1. The maximum atomic E-state index is 12.1. The van der Waals surface area contributed by atoms with E-state index < -0.39 is 10.8 Å². The molecule has 0 fully saturated rings. The van der Waals surface area contributed by atoms with E-state index in [1.165, 1.54) is 12.1 Å². The monoisotopic (exact) mass is 345 g/mol. The van der Waals surface area contributed by atoms with Crippen LogP contribution in [-0.2, 0) is 0 Å². The van der Waals surface area contributed by atoms with Crippen molar-refractivity contribution in [3.05, 3.63) is 73.3 Å². The molecule has 1 N–H and O–H groups in total. The minimum Gasteiger partial charge on any atom is -0.267 e. The lowest BCUT2D eigenvalue weighted by Crippen LogP contribution is -2.18. The molecule has 2 aromatic rings. The molecule has 0 aliphatic rings. The number of nitro benzene ring substituents is 1. The number of benzene rings is 2. The number of carbonyl (C=O) groups excluding carboxylic acids is 1. The zero-order chi connectivity index (χ0) is 17.9. The number of carbonyl (C=O) groups is 1. The molecule has 0 atom stereocenters. The number of aryl methyl sites for hydroxylation is 3. The number of hydrogen-bond donors (Lipinski definition) is 1. The summed E-state index contributed by atoms with van der Waals surface area (Å²) in [4.78, 5) is 22.3. The number of hydrogen-bond acceptors (Lipinski definition) is 4. The Morgan fingerprint density at radius 2 is 1.83 bits per heavy atom. The molecule has 1 amide bonds. The normalized spacial score (nSPS) is 10.8. The van der Waals surface area contributed by atoms with Crippen LogP contribution in [0.5, 0.6) is 0 Å². The van der Waals surface area contributed by atoms with Crippen LogP contribution >= 0.6 is 11.6 Å². The average Bonchev–Trinajstić information content (AvgIpc) is 2.49. The Morgan fingerprint density at radius 3 is 2.42 bits per heavy atom. The molecule has 0 aliphatic carbocycles.